The molecule has 0 saturated carbocycles. The molecular formula is C25H26FN3O3S. The van der Waals surface area contributed by atoms with Crippen LogP contribution >= 0.6 is 11.3 Å². The van der Waals surface area contributed by atoms with E-state index in [1.807, 2.05) is 13.0 Å². The lowest BCUT2D eigenvalue weighted by Crippen LogP contribution is -2.46. The number of nitrogens with zero attached hydrogens (tertiary/aromatic N) is 2. The zero-order chi connectivity index (χ0) is 23.4. The zero-order valence-electron chi connectivity index (χ0n) is 18.6. The number of carbonyl (C=O) groups excluding carboxylic acids is 2. The molecule has 172 valence electrons. The minimum Gasteiger partial charge on any atom is -0.376 e. The summed E-state index contributed by atoms with van der Waals surface area (Å²) in [7, 11) is 0. The summed E-state index contributed by atoms with van der Waals surface area (Å²) in [5, 5.41) is 3.65. The number of nitrogens with one attached hydrogen (secondary N) is 1. The summed E-state index contributed by atoms with van der Waals surface area (Å²) in [5.74, 6) is -1.45. The SMILES string of the molecule is Cc1nc(C)c(C(=O)N(c2ccccc2F)[C@H](C(=O)NC[C@@H]2CCCO2)c2ccccc2)s1. The van der Waals surface area contributed by atoms with Gasteiger partial charge in [-0.3, -0.25) is 14.5 Å². The maximum absolute atomic E-state index is 15.0. The number of ether oxygens (including phenoxy) is 1. The predicted molar refractivity (Wildman–Crippen MR) is 126 cm³/mol. The fourth-order valence-electron chi connectivity index (χ4n) is 4.02. The van der Waals surface area contributed by atoms with Crippen LogP contribution in [0.5, 0.6) is 0 Å². The molecule has 1 saturated heterocycles. The van der Waals surface area contributed by atoms with Crippen LogP contribution in [0.15, 0.2) is 54.6 Å². The first-order chi connectivity index (χ1) is 16.0. The molecule has 33 heavy (non-hydrogen) atoms. The fraction of sp³-hybridized carbons (Fsp3) is 0.320. The molecule has 1 N–H and O–H groups in total. The smallest absolute Gasteiger partial charge is 0.271 e. The Morgan fingerprint density at radius 3 is 2.55 bits per heavy atom. The normalized spacial score (nSPS) is 16.4. The highest BCUT2D eigenvalue weighted by atomic mass is 32.1. The van der Waals surface area contributed by atoms with Crippen LogP contribution < -0.4 is 10.2 Å². The molecule has 1 aliphatic rings. The van der Waals surface area contributed by atoms with E-state index in [1.165, 1.54) is 28.4 Å². The molecule has 1 fully saturated rings. The zero-order valence-corrected chi connectivity index (χ0v) is 19.4. The quantitative estimate of drug-likeness (QED) is 0.552. The lowest BCUT2D eigenvalue weighted by atomic mass is 10.0. The van der Waals surface area contributed by atoms with E-state index in [0.29, 0.717) is 29.3 Å². The van der Waals surface area contributed by atoms with Crippen molar-refractivity contribution in [1.82, 2.24) is 10.3 Å². The average molecular weight is 468 g/mol. The standard InChI is InChI=1S/C25H26FN3O3S/c1-16-23(33-17(2)28-16)25(31)29(21-13-7-6-12-20(21)26)22(18-9-4-3-5-10-18)24(30)27-15-19-11-8-14-32-19/h3-7,9-10,12-13,19,22H,8,11,14-15H2,1-2H3,(H,27,30)/t19-,22-/m0/s1. The van der Waals surface area contributed by atoms with Gasteiger partial charge in [-0.1, -0.05) is 42.5 Å². The van der Waals surface area contributed by atoms with E-state index < -0.39 is 23.7 Å². The second-order valence-corrected chi connectivity index (χ2v) is 9.17. The number of para-hydroxylation sites is 1. The molecule has 3 aromatic rings. The van der Waals surface area contributed by atoms with Crippen molar-refractivity contribution in [1.29, 1.82) is 0 Å². The van der Waals surface area contributed by atoms with Crippen molar-refractivity contribution in [3.63, 3.8) is 0 Å². The molecule has 2 aromatic carbocycles. The van der Waals surface area contributed by atoms with Gasteiger partial charge in [0.15, 0.2) is 0 Å². The second kappa shape index (κ2) is 10.2. The van der Waals surface area contributed by atoms with E-state index in [-0.39, 0.29) is 11.8 Å². The van der Waals surface area contributed by atoms with Crippen LogP contribution in [0.1, 0.15) is 44.8 Å². The first-order valence-electron chi connectivity index (χ1n) is 10.9. The topological polar surface area (TPSA) is 71.5 Å². The van der Waals surface area contributed by atoms with Crippen molar-refractivity contribution in [2.75, 3.05) is 18.1 Å². The molecule has 6 nitrogen and oxygen atoms in total. The summed E-state index contributed by atoms with van der Waals surface area (Å²) in [5.41, 5.74) is 1.17. The Balaban J connectivity index is 1.78. The number of anilines is 1. The molecule has 0 unspecified atom stereocenters. The number of halogens is 1. The first kappa shape index (κ1) is 23.1. The lowest BCUT2D eigenvalue weighted by Gasteiger charge is -2.31. The Morgan fingerprint density at radius 1 is 1.18 bits per heavy atom. The first-order valence-corrected chi connectivity index (χ1v) is 11.7. The maximum Gasteiger partial charge on any atom is 0.271 e. The summed E-state index contributed by atoms with van der Waals surface area (Å²) < 4.78 is 20.7. The van der Waals surface area contributed by atoms with Crippen molar-refractivity contribution >= 4 is 28.8 Å². The molecule has 0 bridgehead atoms. The summed E-state index contributed by atoms with van der Waals surface area (Å²) >= 11 is 1.23. The van der Waals surface area contributed by atoms with Crippen LogP contribution in [0.3, 0.4) is 0 Å². The average Bonchev–Trinajstić information content (AvgIpc) is 3.45. The van der Waals surface area contributed by atoms with Gasteiger partial charge in [-0.2, -0.15) is 0 Å². The van der Waals surface area contributed by atoms with Crippen LogP contribution in [0.25, 0.3) is 0 Å². The third-order valence-electron chi connectivity index (χ3n) is 5.58. The van der Waals surface area contributed by atoms with Crippen molar-refractivity contribution in [3.8, 4) is 0 Å². The van der Waals surface area contributed by atoms with Gasteiger partial charge in [0, 0.05) is 13.2 Å². The number of aryl methyl sites for hydroxylation is 2. The van der Waals surface area contributed by atoms with Gasteiger partial charge in [0.05, 0.1) is 22.5 Å². The number of thiazole rings is 1. The Labute approximate surface area is 196 Å². The lowest BCUT2D eigenvalue weighted by molar-refractivity contribution is -0.123. The van der Waals surface area contributed by atoms with E-state index >= 15 is 4.39 Å². The molecule has 8 heteroatoms. The number of hydrogen-bond donors (Lipinski definition) is 1. The number of aromatic nitrogens is 1. The molecule has 0 aliphatic carbocycles. The van der Waals surface area contributed by atoms with Crippen LogP contribution in [0, 0.1) is 19.7 Å². The summed E-state index contributed by atoms with van der Waals surface area (Å²) in [4.78, 5) is 33.4. The van der Waals surface area contributed by atoms with E-state index in [0.717, 1.165) is 17.8 Å². The minimum atomic E-state index is -1.07. The van der Waals surface area contributed by atoms with Gasteiger partial charge in [0.25, 0.3) is 5.91 Å². The van der Waals surface area contributed by atoms with Gasteiger partial charge in [-0.15, -0.1) is 11.3 Å². The third kappa shape index (κ3) is 5.12. The number of hydrogen-bond acceptors (Lipinski definition) is 5. The van der Waals surface area contributed by atoms with Gasteiger partial charge in [0.1, 0.15) is 16.7 Å². The Bertz CT molecular complexity index is 1130. The van der Waals surface area contributed by atoms with Crippen molar-refractivity contribution in [2.45, 2.75) is 38.8 Å². The number of benzene rings is 2. The van der Waals surface area contributed by atoms with E-state index in [1.54, 1.807) is 43.3 Å². The van der Waals surface area contributed by atoms with Gasteiger partial charge in [-0.05, 0) is 44.4 Å². The van der Waals surface area contributed by atoms with Gasteiger partial charge in [-0.25, -0.2) is 9.37 Å². The molecule has 2 heterocycles. The monoisotopic (exact) mass is 467 g/mol. The van der Waals surface area contributed by atoms with Crippen molar-refractivity contribution < 1.29 is 18.7 Å². The van der Waals surface area contributed by atoms with E-state index in [9.17, 15) is 9.59 Å². The highest BCUT2D eigenvalue weighted by Gasteiger charge is 2.36. The van der Waals surface area contributed by atoms with Crippen LogP contribution in [-0.4, -0.2) is 36.1 Å². The van der Waals surface area contributed by atoms with E-state index in [2.05, 4.69) is 10.3 Å². The van der Waals surface area contributed by atoms with E-state index in [4.69, 9.17) is 4.74 Å². The second-order valence-electron chi connectivity index (χ2n) is 7.97. The highest BCUT2D eigenvalue weighted by Crippen LogP contribution is 2.33. The van der Waals surface area contributed by atoms with Crippen LogP contribution in [0.4, 0.5) is 10.1 Å². The molecule has 4 rings (SSSR count). The fourth-order valence-corrected chi connectivity index (χ4v) is 4.88. The Hall–Kier alpha value is -3.10. The van der Waals surface area contributed by atoms with Crippen LogP contribution in [-0.2, 0) is 9.53 Å². The summed E-state index contributed by atoms with van der Waals surface area (Å²) in [6, 6.07) is 13.9. The summed E-state index contributed by atoms with van der Waals surface area (Å²) in [6.45, 7) is 4.56. The predicted octanol–water partition coefficient (Wildman–Crippen LogP) is 4.58. The molecule has 0 radical (unpaired) electrons. The maximum atomic E-state index is 15.0. The van der Waals surface area contributed by atoms with Crippen molar-refractivity contribution in [3.05, 3.63) is 81.6 Å². The Kier molecular flexibility index (Phi) is 7.15. The molecule has 1 aliphatic heterocycles. The molecule has 2 amide bonds. The van der Waals surface area contributed by atoms with Gasteiger partial charge >= 0.3 is 0 Å². The van der Waals surface area contributed by atoms with Gasteiger partial charge < -0.3 is 10.1 Å². The molecule has 0 spiro atoms. The third-order valence-corrected chi connectivity index (χ3v) is 6.64. The molecule has 1 aromatic heterocycles. The number of carbonyl (C=O) groups is 2. The Morgan fingerprint density at radius 2 is 1.91 bits per heavy atom. The van der Waals surface area contributed by atoms with Gasteiger partial charge in [0.2, 0.25) is 5.91 Å². The molecule has 2 atom stereocenters. The summed E-state index contributed by atoms with van der Waals surface area (Å²) in [6.07, 6.45) is 1.76. The van der Waals surface area contributed by atoms with Crippen molar-refractivity contribution in [2.24, 2.45) is 0 Å². The van der Waals surface area contributed by atoms with Crippen LogP contribution in [0.2, 0.25) is 0 Å². The number of amides is 2. The highest BCUT2D eigenvalue weighted by molar-refractivity contribution is 7.13. The molecular weight excluding hydrogens is 441 g/mol. The minimum absolute atomic E-state index is 0.0362. The largest absolute Gasteiger partial charge is 0.376 e. The number of rotatable bonds is 7.